The molecule has 0 fully saturated rings. The fraction of sp³-hybridized carbons (Fsp3) is 0.444. The molecule has 0 aliphatic rings. The standard InChI is InChI=1S/C18H24N4O3/c1-12(2)17(24)20-9-8-19-15(23)7-10-22-11-21-16-13(3)5-4-6-14(16)18(22)25/h4-6,11-12H,7-10H2,1-3H3,(H,19,23)(H,20,24). The Morgan fingerprint density at radius 2 is 1.92 bits per heavy atom. The highest BCUT2D eigenvalue weighted by Gasteiger charge is 2.08. The SMILES string of the molecule is Cc1cccc2c(=O)n(CCC(=O)NCCNC(=O)C(C)C)cnc12. The number of amides is 2. The van der Waals surface area contributed by atoms with Crippen LogP contribution in [0.15, 0.2) is 29.3 Å². The van der Waals surface area contributed by atoms with Gasteiger partial charge in [-0.15, -0.1) is 0 Å². The molecule has 1 aromatic carbocycles. The van der Waals surface area contributed by atoms with Crippen molar-refractivity contribution in [2.45, 2.75) is 33.7 Å². The number of hydrogen-bond acceptors (Lipinski definition) is 4. The van der Waals surface area contributed by atoms with Crippen molar-refractivity contribution in [3.8, 4) is 0 Å². The third-order valence-electron chi connectivity index (χ3n) is 3.91. The first-order valence-electron chi connectivity index (χ1n) is 8.39. The van der Waals surface area contributed by atoms with E-state index in [0.29, 0.717) is 24.0 Å². The maximum Gasteiger partial charge on any atom is 0.261 e. The highest BCUT2D eigenvalue weighted by Crippen LogP contribution is 2.11. The largest absolute Gasteiger partial charge is 0.354 e. The van der Waals surface area contributed by atoms with Gasteiger partial charge in [-0.05, 0) is 18.6 Å². The number of carbonyl (C=O) groups excluding carboxylic acids is 2. The van der Waals surface area contributed by atoms with Gasteiger partial charge in [-0.3, -0.25) is 19.0 Å². The summed E-state index contributed by atoms with van der Waals surface area (Å²) < 4.78 is 1.45. The molecule has 2 amide bonds. The summed E-state index contributed by atoms with van der Waals surface area (Å²) in [5.41, 5.74) is 1.49. The van der Waals surface area contributed by atoms with E-state index in [1.165, 1.54) is 10.9 Å². The molecule has 0 atom stereocenters. The molecule has 25 heavy (non-hydrogen) atoms. The Labute approximate surface area is 146 Å². The molecule has 7 nitrogen and oxygen atoms in total. The van der Waals surface area contributed by atoms with E-state index in [9.17, 15) is 14.4 Å². The monoisotopic (exact) mass is 344 g/mol. The number of nitrogens with one attached hydrogen (secondary N) is 2. The van der Waals surface area contributed by atoms with Crippen molar-refractivity contribution in [3.63, 3.8) is 0 Å². The van der Waals surface area contributed by atoms with Gasteiger partial charge >= 0.3 is 0 Å². The molecule has 2 rings (SSSR count). The van der Waals surface area contributed by atoms with Crippen LogP contribution in [0.1, 0.15) is 25.8 Å². The predicted molar refractivity (Wildman–Crippen MR) is 96.2 cm³/mol. The van der Waals surface area contributed by atoms with Gasteiger partial charge in [0.15, 0.2) is 0 Å². The lowest BCUT2D eigenvalue weighted by Gasteiger charge is -2.10. The number of aromatic nitrogens is 2. The second-order valence-corrected chi connectivity index (χ2v) is 6.26. The normalized spacial score (nSPS) is 10.9. The summed E-state index contributed by atoms with van der Waals surface area (Å²) >= 11 is 0. The van der Waals surface area contributed by atoms with Crippen LogP contribution < -0.4 is 16.2 Å². The first-order chi connectivity index (χ1) is 11.9. The van der Waals surface area contributed by atoms with Crippen molar-refractivity contribution in [2.24, 2.45) is 5.92 Å². The number of nitrogens with zero attached hydrogens (tertiary/aromatic N) is 2. The van der Waals surface area contributed by atoms with Crippen LogP contribution >= 0.6 is 0 Å². The van der Waals surface area contributed by atoms with E-state index < -0.39 is 0 Å². The molecule has 0 spiro atoms. The smallest absolute Gasteiger partial charge is 0.261 e. The number of rotatable bonds is 7. The molecule has 0 aliphatic heterocycles. The van der Waals surface area contributed by atoms with E-state index in [2.05, 4.69) is 15.6 Å². The average molecular weight is 344 g/mol. The molecule has 0 saturated heterocycles. The Kier molecular flexibility index (Phi) is 6.27. The minimum absolute atomic E-state index is 0.0432. The lowest BCUT2D eigenvalue weighted by Crippen LogP contribution is -2.36. The van der Waals surface area contributed by atoms with Crippen LogP contribution in [0.25, 0.3) is 10.9 Å². The van der Waals surface area contributed by atoms with Crippen LogP contribution in [-0.2, 0) is 16.1 Å². The van der Waals surface area contributed by atoms with Gasteiger partial charge in [0.25, 0.3) is 5.56 Å². The predicted octanol–water partition coefficient (Wildman–Crippen LogP) is 0.983. The Morgan fingerprint density at radius 1 is 1.20 bits per heavy atom. The summed E-state index contributed by atoms with van der Waals surface area (Å²) in [7, 11) is 0. The van der Waals surface area contributed by atoms with Crippen LogP contribution in [0, 0.1) is 12.8 Å². The van der Waals surface area contributed by atoms with E-state index in [4.69, 9.17) is 0 Å². The number of benzene rings is 1. The third kappa shape index (κ3) is 4.89. The quantitative estimate of drug-likeness (QED) is 0.732. The first kappa shape index (κ1) is 18.6. The molecule has 1 aromatic heterocycles. The molecule has 0 radical (unpaired) electrons. The number of fused-ring (bicyclic) bond motifs is 1. The Bertz CT molecular complexity index is 827. The van der Waals surface area contributed by atoms with Gasteiger partial charge in [0.2, 0.25) is 11.8 Å². The second kappa shape index (κ2) is 8.41. The zero-order chi connectivity index (χ0) is 18.4. The Hall–Kier alpha value is -2.70. The van der Waals surface area contributed by atoms with E-state index in [1.807, 2.05) is 32.9 Å². The summed E-state index contributed by atoms with van der Waals surface area (Å²) in [6.45, 7) is 6.54. The summed E-state index contributed by atoms with van der Waals surface area (Å²) in [5.74, 6) is -0.292. The first-order valence-corrected chi connectivity index (χ1v) is 8.39. The zero-order valence-electron chi connectivity index (χ0n) is 14.8. The van der Waals surface area contributed by atoms with Crippen molar-refractivity contribution in [1.29, 1.82) is 0 Å². The third-order valence-corrected chi connectivity index (χ3v) is 3.91. The molecular weight excluding hydrogens is 320 g/mol. The molecule has 134 valence electrons. The Morgan fingerprint density at radius 3 is 2.64 bits per heavy atom. The van der Waals surface area contributed by atoms with Crippen molar-refractivity contribution < 1.29 is 9.59 Å². The second-order valence-electron chi connectivity index (χ2n) is 6.26. The summed E-state index contributed by atoms with van der Waals surface area (Å²) in [5, 5.41) is 6.01. The number of aryl methyl sites for hydroxylation is 2. The summed E-state index contributed by atoms with van der Waals surface area (Å²) in [6.07, 6.45) is 1.66. The minimum atomic E-state index is -0.171. The number of para-hydroxylation sites is 1. The van der Waals surface area contributed by atoms with Crippen LogP contribution in [-0.4, -0.2) is 34.5 Å². The van der Waals surface area contributed by atoms with Gasteiger partial charge in [0.1, 0.15) is 0 Å². The molecule has 1 heterocycles. The van der Waals surface area contributed by atoms with Crippen LogP contribution in [0.5, 0.6) is 0 Å². The molecule has 0 unspecified atom stereocenters. The van der Waals surface area contributed by atoms with Crippen molar-refractivity contribution >= 4 is 22.7 Å². The van der Waals surface area contributed by atoms with Crippen molar-refractivity contribution in [1.82, 2.24) is 20.2 Å². The van der Waals surface area contributed by atoms with Gasteiger partial charge < -0.3 is 10.6 Å². The summed E-state index contributed by atoms with van der Waals surface area (Å²) in [6, 6.07) is 5.47. The Balaban J connectivity index is 1.86. The van der Waals surface area contributed by atoms with Gasteiger partial charge in [0.05, 0.1) is 17.2 Å². The number of hydrogen-bond donors (Lipinski definition) is 2. The van der Waals surface area contributed by atoms with Gasteiger partial charge in [0, 0.05) is 32.0 Å². The maximum atomic E-state index is 12.4. The molecule has 2 aromatic rings. The lowest BCUT2D eigenvalue weighted by atomic mass is 10.1. The van der Waals surface area contributed by atoms with E-state index in [1.54, 1.807) is 6.07 Å². The minimum Gasteiger partial charge on any atom is -0.354 e. The van der Waals surface area contributed by atoms with E-state index in [-0.39, 0.29) is 36.3 Å². The maximum absolute atomic E-state index is 12.4. The topological polar surface area (TPSA) is 93.1 Å². The number of carbonyl (C=O) groups is 2. The molecular formula is C18H24N4O3. The average Bonchev–Trinajstić information content (AvgIpc) is 2.58. The van der Waals surface area contributed by atoms with Crippen molar-refractivity contribution in [3.05, 3.63) is 40.4 Å². The molecule has 0 aliphatic carbocycles. The van der Waals surface area contributed by atoms with E-state index in [0.717, 1.165) is 5.56 Å². The summed E-state index contributed by atoms with van der Waals surface area (Å²) in [4.78, 5) is 40.0. The van der Waals surface area contributed by atoms with Crippen molar-refractivity contribution in [2.75, 3.05) is 13.1 Å². The zero-order valence-corrected chi connectivity index (χ0v) is 14.8. The lowest BCUT2D eigenvalue weighted by molar-refractivity contribution is -0.124. The fourth-order valence-corrected chi connectivity index (χ4v) is 2.40. The van der Waals surface area contributed by atoms with Gasteiger partial charge in [-0.1, -0.05) is 26.0 Å². The molecule has 0 bridgehead atoms. The molecule has 0 saturated carbocycles. The molecule has 7 heteroatoms. The van der Waals surface area contributed by atoms with Gasteiger partial charge in [-0.2, -0.15) is 0 Å². The molecule has 2 N–H and O–H groups in total. The van der Waals surface area contributed by atoms with Crippen LogP contribution in [0.4, 0.5) is 0 Å². The van der Waals surface area contributed by atoms with E-state index >= 15 is 0 Å². The highest BCUT2D eigenvalue weighted by molar-refractivity contribution is 5.80. The van der Waals surface area contributed by atoms with Crippen LogP contribution in [0.3, 0.4) is 0 Å². The van der Waals surface area contributed by atoms with Crippen LogP contribution in [0.2, 0.25) is 0 Å². The van der Waals surface area contributed by atoms with Gasteiger partial charge in [-0.25, -0.2) is 4.98 Å². The highest BCUT2D eigenvalue weighted by atomic mass is 16.2. The fourth-order valence-electron chi connectivity index (χ4n) is 2.40.